The lowest BCUT2D eigenvalue weighted by Crippen LogP contribution is -2.55. The van der Waals surface area contributed by atoms with Crippen molar-refractivity contribution in [3.05, 3.63) is 17.7 Å². The highest BCUT2D eigenvalue weighted by Gasteiger charge is 2.31. The maximum Gasteiger partial charge on any atom is 0.251 e. The van der Waals surface area contributed by atoms with Crippen molar-refractivity contribution in [2.75, 3.05) is 61.2 Å². The van der Waals surface area contributed by atoms with Gasteiger partial charge in [0, 0.05) is 51.9 Å². The molecule has 0 spiro atoms. The largest absolute Gasteiger partial charge is 0.493 e. The standard InChI is InChI=1S/C21H32N4O5/c1-22-21(23-14-15-7-8-16(27-2)19(29-4)18(15)28-3)25-11-9-24(10-12-25)20(26)17-6-5-13-30-17/h7-8,17H,5-6,9-14H2,1-4H3,(H,22,23). The average Bonchev–Trinajstić information content (AvgIpc) is 3.33. The van der Waals surface area contributed by atoms with Crippen molar-refractivity contribution in [3.63, 3.8) is 0 Å². The van der Waals surface area contributed by atoms with Crippen LogP contribution in [0.5, 0.6) is 17.2 Å². The van der Waals surface area contributed by atoms with Crippen LogP contribution < -0.4 is 19.5 Å². The number of guanidine groups is 1. The Morgan fingerprint density at radius 3 is 2.37 bits per heavy atom. The topological polar surface area (TPSA) is 84.9 Å². The number of aliphatic imine (C=N–C) groups is 1. The van der Waals surface area contributed by atoms with Gasteiger partial charge in [-0.1, -0.05) is 0 Å². The van der Waals surface area contributed by atoms with Crippen LogP contribution in [0, 0.1) is 0 Å². The first kappa shape index (κ1) is 22.0. The van der Waals surface area contributed by atoms with Gasteiger partial charge in [-0.2, -0.15) is 0 Å². The Kier molecular flexibility index (Phi) is 7.62. The number of nitrogens with zero attached hydrogens (tertiary/aromatic N) is 3. The molecule has 2 heterocycles. The molecule has 0 bridgehead atoms. The highest BCUT2D eigenvalue weighted by atomic mass is 16.5. The van der Waals surface area contributed by atoms with Crippen molar-refractivity contribution in [2.45, 2.75) is 25.5 Å². The van der Waals surface area contributed by atoms with Crippen molar-refractivity contribution in [1.82, 2.24) is 15.1 Å². The number of benzene rings is 1. The Hall–Kier alpha value is -2.68. The molecule has 2 fully saturated rings. The number of ether oxygens (including phenoxy) is 4. The van der Waals surface area contributed by atoms with Crippen LogP contribution in [0.1, 0.15) is 18.4 Å². The van der Waals surface area contributed by atoms with Crippen molar-refractivity contribution in [2.24, 2.45) is 4.99 Å². The summed E-state index contributed by atoms with van der Waals surface area (Å²) in [6.07, 6.45) is 1.54. The van der Waals surface area contributed by atoms with Crippen molar-refractivity contribution < 1.29 is 23.7 Å². The van der Waals surface area contributed by atoms with Gasteiger partial charge in [0.15, 0.2) is 17.5 Å². The van der Waals surface area contributed by atoms with E-state index in [4.69, 9.17) is 18.9 Å². The number of hydrogen-bond donors (Lipinski definition) is 1. The molecule has 9 heteroatoms. The lowest BCUT2D eigenvalue weighted by Gasteiger charge is -2.37. The highest BCUT2D eigenvalue weighted by molar-refractivity contribution is 5.83. The van der Waals surface area contributed by atoms with Crippen LogP contribution >= 0.6 is 0 Å². The van der Waals surface area contributed by atoms with Gasteiger partial charge in [0.05, 0.1) is 21.3 Å². The molecule has 1 aromatic rings. The number of piperazine rings is 1. The van der Waals surface area contributed by atoms with E-state index in [2.05, 4.69) is 15.2 Å². The molecule has 3 rings (SSSR count). The number of carbonyl (C=O) groups excluding carboxylic acids is 1. The maximum atomic E-state index is 12.5. The first-order valence-electron chi connectivity index (χ1n) is 10.3. The fourth-order valence-electron chi connectivity index (χ4n) is 3.92. The summed E-state index contributed by atoms with van der Waals surface area (Å²) in [4.78, 5) is 21.0. The molecule has 2 aliphatic rings. The maximum absolute atomic E-state index is 12.5. The molecular formula is C21H32N4O5. The lowest BCUT2D eigenvalue weighted by molar-refractivity contribution is -0.142. The van der Waals surface area contributed by atoms with Crippen LogP contribution in [0.25, 0.3) is 0 Å². The predicted molar refractivity (Wildman–Crippen MR) is 113 cm³/mol. The van der Waals surface area contributed by atoms with Crippen molar-refractivity contribution in [1.29, 1.82) is 0 Å². The van der Waals surface area contributed by atoms with E-state index >= 15 is 0 Å². The lowest BCUT2D eigenvalue weighted by atomic mass is 10.1. The van der Waals surface area contributed by atoms with Crippen LogP contribution in [0.15, 0.2) is 17.1 Å². The van der Waals surface area contributed by atoms with E-state index < -0.39 is 0 Å². The van der Waals surface area contributed by atoms with Crippen LogP contribution in [0.2, 0.25) is 0 Å². The van der Waals surface area contributed by atoms with Gasteiger partial charge in [-0.25, -0.2) is 0 Å². The van der Waals surface area contributed by atoms with Crippen molar-refractivity contribution in [3.8, 4) is 17.2 Å². The third-order valence-corrected chi connectivity index (χ3v) is 5.53. The first-order valence-corrected chi connectivity index (χ1v) is 10.3. The van der Waals surface area contributed by atoms with Gasteiger partial charge >= 0.3 is 0 Å². The summed E-state index contributed by atoms with van der Waals surface area (Å²) < 4.78 is 21.9. The van der Waals surface area contributed by atoms with Gasteiger partial charge in [-0.3, -0.25) is 9.79 Å². The van der Waals surface area contributed by atoms with E-state index in [1.807, 2.05) is 17.0 Å². The van der Waals surface area contributed by atoms with E-state index in [9.17, 15) is 4.79 Å². The Labute approximate surface area is 177 Å². The number of rotatable bonds is 6. The number of hydrogen-bond acceptors (Lipinski definition) is 6. The summed E-state index contributed by atoms with van der Waals surface area (Å²) in [5.41, 5.74) is 0.934. The van der Waals surface area contributed by atoms with Gasteiger partial charge in [0.25, 0.3) is 5.91 Å². The van der Waals surface area contributed by atoms with Gasteiger partial charge < -0.3 is 34.1 Å². The molecule has 2 aliphatic heterocycles. The van der Waals surface area contributed by atoms with Crippen LogP contribution in [0.3, 0.4) is 0 Å². The predicted octanol–water partition coefficient (Wildman–Crippen LogP) is 1.11. The zero-order valence-electron chi connectivity index (χ0n) is 18.3. The molecular weight excluding hydrogens is 388 g/mol. The number of methoxy groups -OCH3 is 3. The molecule has 1 aromatic carbocycles. The second-order valence-corrected chi connectivity index (χ2v) is 7.21. The SMILES string of the molecule is CN=C(NCc1ccc(OC)c(OC)c1OC)N1CCN(C(=O)C2CCCO2)CC1. The number of carbonyl (C=O) groups is 1. The quantitative estimate of drug-likeness (QED) is 0.545. The number of nitrogens with one attached hydrogen (secondary N) is 1. The van der Waals surface area contributed by atoms with Crippen LogP contribution in [-0.4, -0.2) is 88.9 Å². The average molecular weight is 421 g/mol. The highest BCUT2D eigenvalue weighted by Crippen LogP contribution is 2.39. The molecule has 2 saturated heterocycles. The molecule has 9 nitrogen and oxygen atoms in total. The summed E-state index contributed by atoms with van der Waals surface area (Å²) in [7, 11) is 6.56. The summed E-state index contributed by atoms with van der Waals surface area (Å²) in [6.45, 7) is 3.98. The van der Waals surface area contributed by atoms with E-state index in [1.54, 1.807) is 28.4 Å². The minimum Gasteiger partial charge on any atom is -0.493 e. The smallest absolute Gasteiger partial charge is 0.251 e. The second-order valence-electron chi connectivity index (χ2n) is 7.21. The monoisotopic (exact) mass is 420 g/mol. The molecule has 1 N–H and O–H groups in total. The van der Waals surface area contributed by atoms with Gasteiger partial charge in [-0.15, -0.1) is 0 Å². The van der Waals surface area contributed by atoms with E-state index in [0.717, 1.165) is 37.5 Å². The zero-order chi connectivity index (χ0) is 21.5. The minimum absolute atomic E-state index is 0.116. The number of amides is 1. The van der Waals surface area contributed by atoms with Crippen LogP contribution in [0.4, 0.5) is 0 Å². The van der Waals surface area contributed by atoms with Crippen LogP contribution in [-0.2, 0) is 16.1 Å². The first-order chi connectivity index (χ1) is 14.6. The Morgan fingerprint density at radius 1 is 1.10 bits per heavy atom. The molecule has 1 atom stereocenters. The minimum atomic E-state index is -0.258. The fourth-order valence-corrected chi connectivity index (χ4v) is 3.92. The molecule has 1 unspecified atom stereocenters. The van der Waals surface area contributed by atoms with Gasteiger partial charge in [0.2, 0.25) is 5.75 Å². The summed E-state index contributed by atoms with van der Waals surface area (Å²) in [6, 6.07) is 3.80. The molecule has 0 radical (unpaired) electrons. The van der Waals surface area contributed by atoms with Gasteiger partial charge in [-0.05, 0) is 25.0 Å². The molecule has 0 saturated carbocycles. The molecule has 0 aromatic heterocycles. The van der Waals surface area contributed by atoms with Crippen molar-refractivity contribution >= 4 is 11.9 Å². The summed E-state index contributed by atoms with van der Waals surface area (Å²) in [5, 5.41) is 3.39. The fraction of sp³-hybridized carbons (Fsp3) is 0.619. The molecule has 166 valence electrons. The zero-order valence-corrected chi connectivity index (χ0v) is 18.3. The second kappa shape index (κ2) is 10.4. The Morgan fingerprint density at radius 2 is 1.80 bits per heavy atom. The van der Waals surface area contributed by atoms with E-state index in [-0.39, 0.29) is 12.0 Å². The molecule has 1 amide bonds. The summed E-state index contributed by atoms with van der Waals surface area (Å²) in [5.74, 6) is 2.72. The third kappa shape index (κ3) is 4.72. The molecule has 0 aliphatic carbocycles. The van der Waals surface area contributed by atoms with E-state index in [0.29, 0.717) is 43.5 Å². The Bertz CT molecular complexity index is 756. The summed E-state index contributed by atoms with van der Waals surface area (Å²) >= 11 is 0. The van der Waals surface area contributed by atoms with Gasteiger partial charge in [0.1, 0.15) is 6.10 Å². The normalized spacial score (nSPS) is 19.6. The third-order valence-electron chi connectivity index (χ3n) is 5.53. The van der Waals surface area contributed by atoms with E-state index in [1.165, 1.54) is 0 Å². The Balaban J connectivity index is 1.59. The molecule has 30 heavy (non-hydrogen) atoms.